The number of esters is 1. The maximum Gasteiger partial charge on any atom is 0.309 e. The molecule has 0 amide bonds. The average Bonchev–Trinajstić information content (AvgIpc) is 3.02. The van der Waals surface area contributed by atoms with Gasteiger partial charge in [-0.1, -0.05) is 0 Å². The van der Waals surface area contributed by atoms with Crippen molar-refractivity contribution in [3.05, 3.63) is 28.0 Å². The minimum atomic E-state index is -0.0747. The van der Waals surface area contributed by atoms with E-state index in [-0.39, 0.29) is 11.9 Å². The summed E-state index contributed by atoms with van der Waals surface area (Å²) in [5.41, 5.74) is 1.86. The van der Waals surface area contributed by atoms with Gasteiger partial charge in [-0.25, -0.2) is 0 Å². The second-order valence-corrected chi connectivity index (χ2v) is 4.70. The van der Waals surface area contributed by atoms with E-state index < -0.39 is 0 Å². The summed E-state index contributed by atoms with van der Waals surface area (Å²) in [4.78, 5) is 15.5. The van der Waals surface area contributed by atoms with Crippen molar-refractivity contribution in [1.82, 2.24) is 4.98 Å². The highest BCUT2D eigenvalue weighted by atomic mass is 79.9. The highest BCUT2D eigenvalue weighted by molar-refractivity contribution is 9.10. The van der Waals surface area contributed by atoms with E-state index in [1.165, 1.54) is 0 Å². The van der Waals surface area contributed by atoms with Crippen molar-refractivity contribution in [2.24, 2.45) is 5.92 Å². The van der Waals surface area contributed by atoms with Gasteiger partial charge in [0.1, 0.15) is 6.61 Å². The van der Waals surface area contributed by atoms with Crippen LogP contribution in [0.3, 0.4) is 0 Å². The molecule has 0 N–H and O–H groups in total. The van der Waals surface area contributed by atoms with Gasteiger partial charge in [-0.3, -0.25) is 9.78 Å². The molecule has 0 aliphatic heterocycles. The molecule has 1 saturated carbocycles. The van der Waals surface area contributed by atoms with Crippen LogP contribution in [-0.2, 0) is 16.1 Å². The fourth-order valence-electron chi connectivity index (χ4n) is 1.28. The van der Waals surface area contributed by atoms with Crippen LogP contribution in [-0.4, -0.2) is 11.0 Å². The largest absolute Gasteiger partial charge is 0.461 e. The summed E-state index contributed by atoms with van der Waals surface area (Å²) in [6.07, 6.45) is 3.70. The Morgan fingerprint density at radius 3 is 3.07 bits per heavy atom. The summed E-state index contributed by atoms with van der Waals surface area (Å²) in [6.45, 7) is 2.24. The second kappa shape index (κ2) is 4.31. The lowest BCUT2D eigenvalue weighted by Gasteiger charge is -2.06. The molecule has 80 valence electrons. The van der Waals surface area contributed by atoms with Gasteiger partial charge >= 0.3 is 5.97 Å². The van der Waals surface area contributed by atoms with Crippen LogP contribution in [0.2, 0.25) is 0 Å². The number of carbonyl (C=O) groups excluding carboxylic acids is 1. The SMILES string of the molecule is Cc1ncc(Br)cc1COC(=O)C1CC1. The van der Waals surface area contributed by atoms with Crippen molar-refractivity contribution in [3.63, 3.8) is 0 Å². The lowest BCUT2D eigenvalue weighted by Crippen LogP contribution is -2.07. The van der Waals surface area contributed by atoms with Crippen molar-refractivity contribution in [3.8, 4) is 0 Å². The molecule has 0 spiro atoms. The van der Waals surface area contributed by atoms with E-state index in [2.05, 4.69) is 20.9 Å². The monoisotopic (exact) mass is 269 g/mol. The van der Waals surface area contributed by atoms with Crippen molar-refractivity contribution in [2.45, 2.75) is 26.4 Å². The number of pyridine rings is 1. The molecule has 0 aromatic carbocycles. The summed E-state index contributed by atoms with van der Waals surface area (Å²) in [7, 11) is 0. The van der Waals surface area contributed by atoms with Crippen LogP contribution in [0.1, 0.15) is 24.1 Å². The van der Waals surface area contributed by atoms with Crippen molar-refractivity contribution >= 4 is 21.9 Å². The van der Waals surface area contributed by atoms with Gasteiger partial charge in [0.15, 0.2) is 0 Å². The van der Waals surface area contributed by atoms with Crippen LogP contribution in [0.25, 0.3) is 0 Å². The van der Waals surface area contributed by atoms with E-state index in [1.54, 1.807) is 6.20 Å². The first kappa shape index (κ1) is 10.6. The fourth-order valence-corrected chi connectivity index (χ4v) is 1.66. The number of ether oxygens (including phenoxy) is 1. The first-order valence-electron chi connectivity index (χ1n) is 4.94. The Labute approximate surface area is 97.0 Å². The number of carbonyl (C=O) groups is 1. The van der Waals surface area contributed by atoms with E-state index in [0.717, 1.165) is 28.6 Å². The zero-order chi connectivity index (χ0) is 10.8. The molecule has 1 aromatic rings. The minimum absolute atomic E-state index is 0.0747. The van der Waals surface area contributed by atoms with Crippen LogP contribution in [0.15, 0.2) is 16.7 Å². The number of rotatable bonds is 3. The van der Waals surface area contributed by atoms with Crippen molar-refractivity contribution < 1.29 is 9.53 Å². The molecule has 0 saturated heterocycles. The van der Waals surface area contributed by atoms with Crippen LogP contribution >= 0.6 is 15.9 Å². The lowest BCUT2D eigenvalue weighted by atomic mass is 10.2. The topological polar surface area (TPSA) is 39.2 Å². The fraction of sp³-hybridized carbons (Fsp3) is 0.455. The summed E-state index contributed by atoms with van der Waals surface area (Å²) in [6, 6.07) is 1.93. The van der Waals surface area contributed by atoms with Gasteiger partial charge in [0.25, 0.3) is 0 Å². The van der Waals surface area contributed by atoms with Gasteiger partial charge in [-0.2, -0.15) is 0 Å². The number of halogens is 1. The Balaban J connectivity index is 1.97. The van der Waals surface area contributed by atoms with Crippen LogP contribution < -0.4 is 0 Å². The van der Waals surface area contributed by atoms with E-state index >= 15 is 0 Å². The summed E-state index contributed by atoms with van der Waals surface area (Å²) >= 11 is 3.34. The molecule has 1 heterocycles. The molecule has 0 radical (unpaired) electrons. The summed E-state index contributed by atoms with van der Waals surface area (Å²) in [5.74, 6) is 0.0831. The average molecular weight is 270 g/mol. The highest BCUT2D eigenvalue weighted by Crippen LogP contribution is 2.30. The molecule has 15 heavy (non-hydrogen) atoms. The lowest BCUT2D eigenvalue weighted by molar-refractivity contribution is -0.146. The smallest absolute Gasteiger partial charge is 0.309 e. The summed E-state index contributed by atoms with van der Waals surface area (Å²) < 4.78 is 6.10. The third-order valence-corrected chi connectivity index (χ3v) is 2.87. The standard InChI is InChI=1S/C11H12BrNO2/c1-7-9(4-10(12)5-13-7)6-15-11(14)8-2-3-8/h4-5,8H,2-3,6H2,1H3. The molecule has 1 aromatic heterocycles. The first-order chi connectivity index (χ1) is 7.16. The number of aryl methyl sites for hydroxylation is 1. The van der Waals surface area contributed by atoms with Crippen molar-refractivity contribution in [2.75, 3.05) is 0 Å². The zero-order valence-corrected chi connectivity index (χ0v) is 10.1. The third kappa shape index (κ3) is 2.78. The van der Waals surface area contributed by atoms with Gasteiger partial charge in [0, 0.05) is 21.9 Å². The normalized spacial score (nSPS) is 15.1. The number of hydrogen-bond acceptors (Lipinski definition) is 3. The first-order valence-corrected chi connectivity index (χ1v) is 5.74. The van der Waals surface area contributed by atoms with Gasteiger partial charge < -0.3 is 4.74 Å². The Bertz CT molecular complexity index is 388. The molecule has 1 aliphatic carbocycles. The van der Waals surface area contributed by atoms with Crippen molar-refractivity contribution in [1.29, 1.82) is 0 Å². The maximum absolute atomic E-state index is 11.3. The Morgan fingerprint density at radius 1 is 1.67 bits per heavy atom. The van der Waals surface area contributed by atoms with Gasteiger partial charge in [-0.15, -0.1) is 0 Å². The predicted octanol–water partition coefficient (Wildman–Crippen LogP) is 2.61. The molecule has 3 nitrogen and oxygen atoms in total. The van der Waals surface area contributed by atoms with Gasteiger partial charge in [0.05, 0.1) is 5.92 Å². The van der Waals surface area contributed by atoms with Gasteiger partial charge in [0.2, 0.25) is 0 Å². The number of aromatic nitrogens is 1. The third-order valence-electron chi connectivity index (χ3n) is 2.44. The van der Waals surface area contributed by atoms with E-state index in [0.29, 0.717) is 6.61 Å². The Morgan fingerprint density at radius 2 is 2.40 bits per heavy atom. The summed E-state index contributed by atoms with van der Waals surface area (Å²) in [5, 5.41) is 0. The quantitative estimate of drug-likeness (QED) is 0.792. The maximum atomic E-state index is 11.3. The van der Waals surface area contributed by atoms with Crippen LogP contribution in [0, 0.1) is 12.8 Å². The predicted molar refractivity (Wildman–Crippen MR) is 59.2 cm³/mol. The number of nitrogens with zero attached hydrogens (tertiary/aromatic N) is 1. The molecule has 1 fully saturated rings. The molecule has 1 aliphatic rings. The molecule has 0 bridgehead atoms. The van der Waals surface area contributed by atoms with Crippen LogP contribution in [0.4, 0.5) is 0 Å². The van der Waals surface area contributed by atoms with Gasteiger partial charge in [-0.05, 0) is 41.8 Å². The van der Waals surface area contributed by atoms with E-state index in [1.807, 2.05) is 13.0 Å². The second-order valence-electron chi connectivity index (χ2n) is 3.78. The number of hydrogen-bond donors (Lipinski definition) is 0. The minimum Gasteiger partial charge on any atom is -0.461 e. The zero-order valence-electron chi connectivity index (χ0n) is 8.50. The Hall–Kier alpha value is -0.900. The highest BCUT2D eigenvalue weighted by Gasteiger charge is 2.31. The molecule has 0 unspecified atom stereocenters. The molecular weight excluding hydrogens is 258 g/mol. The van der Waals surface area contributed by atoms with Crippen LogP contribution in [0.5, 0.6) is 0 Å². The molecule has 0 atom stereocenters. The molecular formula is C11H12BrNO2. The Kier molecular flexibility index (Phi) is 3.05. The van der Waals surface area contributed by atoms with E-state index in [9.17, 15) is 4.79 Å². The molecule has 4 heteroatoms. The molecule has 2 rings (SSSR count). The van der Waals surface area contributed by atoms with E-state index in [4.69, 9.17) is 4.74 Å².